The van der Waals surface area contributed by atoms with E-state index in [1.807, 2.05) is 0 Å². The van der Waals surface area contributed by atoms with Crippen LogP contribution in [-0.4, -0.2) is 16.3 Å². The first kappa shape index (κ1) is 8.76. The lowest BCUT2D eigenvalue weighted by Crippen LogP contribution is -2.18. The summed E-state index contributed by atoms with van der Waals surface area (Å²) in [6.45, 7) is 1.62. The maximum absolute atomic E-state index is 11.6. The van der Waals surface area contributed by atoms with Gasteiger partial charge in [0.25, 0.3) is 0 Å². The monoisotopic (exact) mass is 178 g/mol. The van der Waals surface area contributed by atoms with Crippen LogP contribution in [0.15, 0.2) is 12.4 Å². The molecule has 66 valence electrons. The van der Waals surface area contributed by atoms with Crippen molar-refractivity contribution in [2.45, 2.75) is 13.3 Å². The number of rotatable bonds is 1. The van der Waals surface area contributed by atoms with Crippen molar-refractivity contribution in [1.82, 2.24) is 9.97 Å². The van der Waals surface area contributed by atoms with Crippen LogP contribution in [0.5, 0.6) is 5.88 Å². The molecule has 0 fully saturated rings. The van der Waals surface area contributed by atoms with E-state index in [0.29, 0.717) is 5.69 Å². The fourth-order valence-electron chi connectivity index (χ4n) is 0.552. The highest BCUT2D eigenvalue weighted by Crippen LogP contribution is 2.19. The summed E-state index contributed by atoms with van der Waals surface area (Å²) in [6, 6.07) is 0. The van der Waals surface area contributed by atoms with Crippen LogP contribution in [-0.2, 0) is 0 Å². The first-order valence-corrected chi connectivity index (χ1v) is 3.02. The van der Waals surface area contributed by atoms with Crippen LogP contribution in [0.4, 0.5) is 13.2 Å². The summed E-state index contributed by atoms with van der Waals surface area (Å²) in [5.41, 5.74) is 0.532. The van der Waals surface area contributed by atoms with Crippen molar-refractivity contribution in [2.24, 2.45) is 0 Å². The second kappa shape index (κ2) is 2.96. The molecular weight excluding hydrogens is 173 g/mol. The van der Waals surface area contributed by atoms with E-state index in [4.69, 9.17) is 0 Å². The van der Waals surface area contributed by atoms with E-state index in [2.05, 4.69) is 14.7 Å². The lowest BCUT2D eigenvalue weighted by atomic mass is 10.5. The Labute approximate surface area is 66.2 Å². The molecule has 1 aromatic rings. The van der Waals surface area contributed by atoms with Gasteiger partial charge in [-0.1, -0.05) is 0 Å². The van der Waals surface area contributed by atoms with Gasteiger partial charge in [-0.25, -0.2) is 4.98 Å². The Balaban J connectivity index is 2.71. The Morgan fingerprint density at radius 3 is 2.33 bits per heavy atom. The standard InChI is InChI=1S/C6H5F3N2O/c1-4-2-11-5(3-10-4)12-6(7,8)9/h2-3H,1H3. The van der Waals surface area contributed by atoms with Crippen molar-refractivity contribution < 1.29 is 17.9 Å². The van der Waals surface area contributed by atoms with E-state index in [1.165, 1.54) is 6.20 Å². The number of aromatic nitrogens is 2. The zero-order chi connectivity index (χ0) is 9.19. The van der Waals surface area contributed by atoms with E-state index in [1.54, 1.807) is 6.92 Å². The molecule has 1 rings (SSSR count). The third kappa shape index (κ3) is 2.73. The molecule has 0 unspecified atom stereocenters. The van der Waals surface area contributed by atoms with Crippen LogP contribution in [0.1, 0.15) is 5.69 Å². The Morgan fingerprint density at radius 1 is 1.25 bits per heavy atom. The van der Waals surface area contributed by atoms with E-state index in [-0.39, 0.29) is 0 Å². The molecule has 0 atom stereocenters. The van der Waals surface area contributed by atoms with E-state index < -0.39 is 12.2 Å². The molecule has 12 heavy (non-hydrogen) atoms. The molecule has 0 bridgehead atoms. The van der Waals surface area contributed by atoms with Gasteiger partial charge in [0.15, 0.2) is 0 Å². The number of alkyl halides is 3. The summed E-state index contributed by atoms with van der Waals surface area (Å²) in [7, 11) is 0. The highest BCUT2D eigenvalue weighted by Gasteiger charge is 2.31. The van der Waals surface area contributed by atoms with E-state index >= 15 is 0 Å². The van der Waals surface area contributed by atoms with Crippen molar-refractivity contribution >= 4 is 0 Å². The Morgan fingerprint density at radius 2 is 1.92 bits per heavy atom. The van der Waals surface area contributed by atoms with Crippen LogP contribution >= 0.6 is 0 Å². The van der Waals surface area contributed by atoms with Gasteiger partial charge in [-0.05, 0) is 6.92 Å². The third-order valence-electron chi connectivity index (χ3n) is 0.978. The van der Waals surface area contributed by atoms with Crippen molar-refractivity contribution in [3.8, 4) is 5.88 Å². The van der Waals surface area contributed by atoms with Crippen LogP contribution in [0.3, 0.4) is 0 Å². The molecular formula is C6H5F3N2O. The summed E-state index contributed by atoms with van der Waals surface area (Å²) in [4.78, 5) is 6.93. The molecule has 0 aliphatic carbocycles. The first-order chi connectivity index (χ1) is 5.47. The van der Waals surface area contributed by atoms with Crippen molar-refractivity contribution in [3.63, 3.8) is 0 Å². The van der Waals surface area contributed by atoms with Gasteiger partial charge in [0, 0.05) is 0 Å². The molecule has 6 heteroatoms. The minimum absolute atomic E-state index is 0.532. The number of ether oxygens (including phenoxy) is 1. The van der Waals surface area contributed by atoms with Gasteiger partial charge >= 0.3 is 6.36 Å². The van der Waals surface area contributed by atoms with Crippen LogP contribution in [0.25, 0.3) is 0 Å². The van der Waals surface area contributed by atoms with Gasteiger partial charge in [-0.15, -0.1) is 13.2 Å². The molecule has 0 saturated heterocycles. The van der Waals surface area contributed by atoms with Crippen LogP contribution in [0, 0.1) is 6.92 Å². The summed E-state index contributed by atoms with van der Waals surface area (Å²) >= 11 is 0. The predicted octanol–water partition coefficient (Wildman–Crippen LogP) is 1.68. The van der Waals surface area contributed by atoms with Gasteiger partial charge in [0.05, 0.1) is 18.1 Å². The van der Waals surface area contributed by atoms with Gasteiger partial charge in [-0.2, -0.15) is 0 Å². The van der Waals surface area contributed by atoms with Crippen LogP contribution < -0.4 is 4.74 Å². The SMILES string of the molecule is Cc1cnc(OC(F)(F)F)cn1. The van der Waals surface area contributed by atoms with Gasteiger partial charge in [0.2, 0.25) is 5.88 Å². The maximum atomic E-state index is 11.6. The quantitative estimate of drug-likeness (QED) is 0.656. The second-order valence-electron chi connectivity index (χ2n) is 2.04. The molecule has 0 aliphatic heterocycles. The Kier molecular flexibility index (Phi) is 2.16. The minimum Gasteiger partial charge on any atom is -0.386 e. The molecule has 0 aromatic carbocycles. The summed E-state index contributed by atoms with van der Waals surface area (Å²) in [5, 5.41) is 0. The topological polar surface area (TPSA) is 35.0 Å². The molecule has 0 aliphatic rings. The number of hydrogen-bond donors (Lipinski definition) is 0. The molecule has 0 N–H and O–H groups in total. The molecule has 1 heterocycles. The van der Waals surface area contributed by atoms with Crippen molar-refractivity contribution in [2.75, 3.05) is 0 Å². The number of aryl methyl sites for hydroxylation is 1. The van der Waals surface area contributed by atoms with E-state index in [9.17, 15) is 13.2 Å². The fraction of sp³-hybridized carbons (Fsp3) is 0.333. The number of nitrogens with zero attached hydrogens (tertiary/aromatic N) is 2. The fourth-order valence-corrected chi connectivity index (χ4v) is 0.552. The van der Waals surface area contributed by atoms with Gasteiger partial charge < -0.3 is 4.74 Å². The third-order valence-corrected chi connectivity index (χ3v) is 0.978. The van der Waals surface area contributed by atoms with Crippen molar-refractivity contribution in [1.29, 1.82) is 0 Å². The number of halogens is 3. The molecule has 3 nitrogen and oxygen atoms in total. The highest BCUT2D eigenvalue weighted by atomic mass is 19.4. The maximum Gasteiger partial charge on any atom is 0.574 e. The smallest absolute Gasteiger partial charge is 0.386 e. The zero-order valence-corrected chi connectivity index (χ0v) is 6.09. The predicted molar refractivity (Wildman–Crippen MR) is 33.5 cm³/mol. The van der Waals surface area contributed by atoms with Crippen LogP contribution in [0.2, 0.25) is 0 Å². The summed E-state index contributed by atoms with van der Waals surface area (Å²) in [5.74, 6) is -0.548. The Bertz CT molecular complexity index is 256. The molecule has 0 amide bonds. The summed E-state index contributed by atoms with van der Waals surface area (Å²) < 4.78 is 38.1. The largest absolute Gasteiger partial charge is 0.574 e. The van der Waals surface area contributed by atoms with Crippen molar-refractivity contribution in [3.05, 3.63) is 18.1 Å². The second-order valence-corrected chi connectivity index (χ2v) is 2.04. The normalized spacial score (nSPS) is 11.3. The number of hydrogen-bond acceptors (Lipinski definition) is 3. The lowest BCUT2D eigenvalue weighted by Gasteiger charge is -2.06. The van der Waals surface area contributed by atoms with Gasteiger partial charge in [-0.3, -0.25) is 4.98 Å². The van der Waals surface area contributed by atoms with E-state index in [0.717, 1.165) is 6.20 Å². The summed E-state index contributed by atoms with van der Waals surface area (Å²) in [6.07, 6.45) is -2.59. The lowest BCUT2D eigenvalue weighted by molar-refractivity contribution is -0.276. The average Bonchev–Trinajstić information content (AvgIpc) is 1.91. The molecule has 1 aromatic heterocycles. The Hall–Kier alpha value is -1.33. The first-order valence-electron chi connectivity index (χ1n) is 3.02. The zero-order valence-electron chi connectivity index (χ0n) is 6.09. The minimum atomic E-state index is -4.70. The average molecular weight is 178 g/mol. The molecule has 0 radical (unpaired) electrons. The van der Waals surface area contributed by atoms with Gasteiger partial charge in [0.1, 0.15) is 0 Å². The molecule has 0 saturated carbocycles. The highest BCUT2D eigenvalue weighted by molar-refractivity contribution is 5.05. The molecule has 0 spiro atoms.